The van der Waals surface area contributed by atoms with E-state index in [2.05, 4.69) is 42.2 Å². The Morgan fingerprint density at radius 1 is 1.55 bits per heavy atom. The van der Waals surface area contributed by atoms with Crippen LogP contribution in [0.5, 0.6) is 0 Å². The Kier molecular flexibility index (Phi) is 2.72. The highest BCUT2D eigenvalue weighted by atomic mass is 79.9. The predicted molar refractivity (Wildman–Crippen MR) is 53.6 cm³/mol. The van der Waals surface area contributed by atoms with E-state index >= 15 is 0 Å². The average molecular weight is 281 g/mol. The number of nitrogens with zero attached hydrogens (tertiary/aromatic N) is 1. The van der Waals surface area contributed by atoms with Gasteiger partial charge in [0, 0.05) is 13.2 Å². The van der Waals surface area contributed by atoms with Gasteiger partial charge >= 0.3 is 0 Å². The van der Waals surface area contributed by atoms with Crippen molar-refractivity contribution in [2.24, 2.45) is 0 Å². The summed E-state index contributed by atoms with van der Waals surface area (Å²) in [5.41, 5.74) is 7.18. The number of anilines is 2. The van der Waals surface area contributed by atoms with Crippen molar-refractivity contribution >= 4 is 43.2 Å². The molecule has 0 fully saturated rings. The maximum absolute atomic E-state index is 5.71. The van der Waals surface area contributed by atoms with Crippen molar-refractivity contribution in [1.82, 2.24) is 4.98 Å². The highest BCUT2D eigenvalue weighted by molar-refractivity contribution is 9.11. The van der Waals surface area contributed by atoms with Crippen LogP contribution in [0.1, 0.15) is 0 Å². The third-order valence-electron chi connectivity index (χ3n) is 1.27. The van der Waals surface area contributed by atoms with Crippen LogP contribution in [0.25, 0.3) is 0 Å². The van der Waals surface area contributed by atoms with E-state index in [4.69, 9.17) is 5.73 Å². The van der Waals surface area contributed by atoms with E-state index in [-0.39, 0.29) is 0 Å². The SMILES string of the molecule is CNc1c(Br)ncc(Br)c1N. The van der Waals surface area contributed by atoms with Crippen molar-refractivity contribution in [2.45, 2.75) is 0 Å². The molecule has 1 aromatic heterocycles. The molecule has 0 aliphatic carbocycles. The Bertz CT molecular complexity index is 275. The molecule has 60 valence electrons. The first-order valence-corrected chi connectivity index (χ1v) is 4.52. The maximum atomic E-state index is 5.71. The highest BCUT2D eigenvalue weighted by Crippen LogP contribution is 2.31. The molecule has 3 nitrogen and oxygen atoms in total. The van der Waals surface area contributed by atoms with E-state index in [0.29, 0.717) is 5.69 Å². The van der Waals surface area contributed by atoms with E-state index in [1.807, 2.05) is 0 Å². The topological polar surface area (TPSA) is 50.9 Å². The molecule has 0 atom stereocenters. The molecule has 0 bridgehead atoms. The maximum Gasteiger partial charge on any atom is 0.131 e. The Labute approximate surface area is 81.6 Å². The molecule has 0 spiro atoms. The van der Waals surface area contributed by atoms with Gasteiger partial charge in [-0.1, -0.05) is 0 Å². The minimum atomic E-state index is 0.661. The van der Waals surface area contributed by atoms with Gasteiger partial charge in [-0.05, 0) is 31.9 Å². The van der Waals surface area contributed by atoms with Crippen LogP contribution < -0.4 is 11.1 Å². The lowest BCUT2D eigenvalue weighted by molar-refractivity contribution is 1.25. The lowest BCUT2D eigenvalue weighted by Crippen LogP contribution is -1.98. The van der Waals surface area contributed by atoms with Crippen molar-refractivity contribution in [2.75, 3.05) is 18.1 Å². The molecule has 1 aromatic rings. The molecule has 0 unspecified atom stereocenters. The fourth-order valence-electron chi connectivity index (χ4n) is 0.716. The predicted octanol–water partition coefficient (Wildman–Crippen LogP) is 2.23. The molecule has 0 amide bonds. The number of aromatic nitrogens is 1. The number of hydrogen-bond donors (Lipinski definition) is 2. The van der Waals surface area contributed by atoms with Gasteiger partial charge in [-0.2, -0.15) is 0 Å². The van der Waals surface area contributed by atoms with Gasteiger partial charge in [0.15, 0.2) is 0 Å². The van der Waals surface area contributed by atoms with Gasteiger partial charge in [0.2, 0.25) is 0 Å². The van der Waals surface area contributed by atoms with Gasteiger partial charge in [0.25, 0.3) is 0 Å². The number of halogens is 2. The summed E-state index contributed by atoms with van der Waals surface area (Å²) in [6.07, 6.45) is 1.65. The van der Waals surface area contributed by atoms with Crippen molar-refractivity contribution in [3.8, 4) is 0 Å². The molecule has 5 heteroatoms. The van der Waals surface area contributed by atoms with Crippen LogP contribution in [0, 0.1) is 0 Å². The molecule has 3 N–H and O–H groups in total. The summed E-state index contributed by atoms with van der Waals surface area (Å²) in [6, 6.07) is 0. The Morgan fingerprint density at radius 2 is 2.18 bits per heavy atom. The van der Waals surface area contributed by atoms with E-state index in [0.717, 1.165) is 14.8 Å². The minimum Gasteiger partial charge on any atom is -0.396 e. The van der Waals surface area contributed by atoms with E-state index in [1.165, 1.54) is 0 Å². The number of nitrogen functional groups attached to an aromatic ring is 1. The molecule has 0 saturated carbocycles. The molecule has 0 aromatic carbocycles. The Balaban J connectivity index is 3.29. The first kappa shape index (κ1) is 8.80. The summed E-state index contributed by atoms with van der Waals surface area (Å²) in [7, 11) is 1.80. The zero-order valence-electron chi connectivity index (χ0n) is 5.86. The fourth-order valence-corrected chi connectivity index (χ4v) is 1.53. The number of rotatable bonds is 1. The van der Waals surface area contributed by atoms with Crippen molar-refractivity contribution in [1.29, 1.82) is 0 Å². The second-order valence-electron chi connectivity index (χ2n) is 1.94. The zero-order chi connectivity index (χ0) is 8.43. The standard InChI is InChI=1S/C6H7Br2N3/c1-10-5-4(9)3(7)2-11-6(5)8/h2,10H,1H3,(H2,9,11). The van der Waals surface area contributed by atoms with Crippen LogP contribution in [-0.4, -0.2) is 12.0 Å². The van der Waals surface area contributed by atoms with Crippen molar-refractivity contribution in [3.05, 3.63) is 15.3 Å². The molecule has 0 aliphatic heterocycles. The first-order chi connectivity index (χ1) is 5.16. The van der Waals surface area contributed by atoms with Gasteiger partial charge in [-0.25, -0.2) is 4.98 Å². The van der Waals surface area contributed by atoms with Gasteiger partial charge in [-0.15, -0.1) is 0 Å². The van der Waals surface area contributed by atoms with Gasteiger partial charge in [-0.3, -0.25) is 0 Å². The van der Waals surface area contributed by atoms with Crippen LogP contribution in [0.3, 0.4) is 0 Å². The summed E-state index contributed by atoms with van der Waals surface area (Å²) >= 11 is 6.54. The third-order valence-corrected chi connectivity index (χ3v) is 2.51. The summed E-state index contributed by atoms with van der Waals surface area (Å²) in [6.45, 7) is 0. The normalized spacial score (nSPS) is 9.73. The van der Waals surface area contributed by atoms with Crippen molar-refractivity contribution < 1.29 is 0 Å². The van der Waals surface area contributed by atoms with E-state index < -0.39 is 0 Å². The molecule has 0 radical (unpaired) electrons. The summed E-state index contributed by atoms with van der Waals surface area (Å²) in [5.74, 6) is 0. The van der Waals surface area contributed by atoms with Crippen LogP contribution in [0.15, 0.2) is 15.3 Å². The molecular formula is C6H7Br2N3. The highest BCUT2D eigenvalue weighted by Gasteiger charge is 2.06. The molecule has 1 rings (SSSR count). The van der Waals surface area contributed by atoms with Crippen LogP contribution >= 0.6 is 31.9 Å². The Hall–Kier alpha value is -0.290. The molecule has 1 heterocycles. The summed E-state index contributed by atoms with van der Waals surface area (Å²) in [5, 5.41) is 2.94. The average Bonchev–Trinajstić information content (AvgIpc) is 1.99. The fraction of sp³-hybridized carbons (Fsp3) is 0.167. The largest absolute Gasteiger partial charge is 0.396 e. The smallest absolute Gasteiger partial charge is 0.131 e. The second-order valence-corrected chi connectivity index (χ2v) is 3.54. The number of hydrogen-bond acceptors (Lipinski definition) is 3. The van der Waals surface area contributed by atoms with Crippen molar-refractivity contribution in [3.63, 3.8) is 0 Å². The third kappa shape index (κ3) is 1.65. The summed E-state index contributed by atoms with van der Waals surface area (Å²) in [4.78, 5) is 4.04. The lowest BCUT2D eigenvalue weighted by Gasteiger charge is -2.07. The number of pyridine rings is 1. The van der Waals surface area contributed by atoms with E-state index in [1.54, 1.807) is 13.2 Å². The minimum absolute atomic E-state index is 0.661. The first-order valence-electron chi connectivity index (χ1n) is 2.94. The van der Waals surface area contributed by atoms with E-state index in [9.17, 15) is 0 Å². The summed E-state index contributed by atoms with van der Waals surface area (Å²) < 4.78 is 1.52. The monoisotopic (exact) mass is 279 g/mol. The number of nitrogens with one attached hydrogen (secondary N) is 1. The van der Waals surface area contributed by atoms with Crippen LogP contribution in [-0.2, 0) is 0 Å². The molecule has 11 heavy (non-hydrogen) atoms. The molecule has 0 aliphatic rings. The van der Waals surface area contributed by atoms with Crippen LogP contribution in [0.4, 0.5) is 11.4 Å². The van der Waals surface area contributed by atoms with Gasteiger partial charge < -0.3 is 11.1 Å². The van der Waals surface area contributed by atoms with Gasteiger partial charge in [0.05, 0.1) is 15.8 Å². The zero-order valence-corrected chi connectivity index (χ0v) is 9.03. The molecule has 0 saturated heterocycles. The second kappa shape index (κ2) is 3.40. The Morgan fingerprint density at radius 3 is 2.64 bits per heavy atom. The lowest BCUT2D eigenvalue weighted by atomic mass is 10.3. The van der Waals surface area contributed by atoms with Crippen LogP contribution in [0.2, 0.25) is 0 Å². The quantitative estimate of drug-likeness (QED) is 0.776. The number of nitrogens with two attached hydrogens (primary N) is 1. The molecular weight excluding hydrogens is 274 g/mol. The van der Waals surface area contributed by atoms with Gasteiger partial charge in [0.1, 0.15) is 4.60 Å².